The lowest BCUT2D eigenvalue weighted by molar-refractivity contribution is -0.170. The quantitative estimate of drug-likeness (QED) is 0.412. The zero-order valence-corrected chi connectivity index (χ0v) is 19.3. The maximum atomic E-state index is 14.1. The van der Waals surface area contributed by atoms with Gasteiger partial charge >= 0.3 is 5.97 Å². The largest absolute Gasteiger partial charge is 0.479 e. The number of carboxylic acid groups (broad SMARTS) is 1. The Morgan fingerprint density at radius 1 is 1.33 bits per heavy atom. The fraction of sp³-hybridized carbons (Fsp3) is 0.385. The minimum absolute atomic E-state index is 0.0560. The summed E-state index contributed by atoms with van der Waals surface area (Å²) >= 11 is 0. The molecule has 2 atom stereocenters. The second-order valence-corrected chi connectivity index (χ2v) is 9.63. The number of aromatic nitrogens is 3. The molecule has 1 aliphatic rings. The maximum absolute atomic E-state index is 14.1. The van der Waals surface area contributed by atoms with E-state index in [1.165, 1.54) is 11.6 Å². The van der Waals surface area contributed by atoms with Crippen LogP contribution in [-0.4, -0.2) is 38.0 Å². The van der Waals surface area contributed by atoms with Gasteiger partial charge in [-0.05, 0) is 74.1 Å². The Bertz CT molecular complexity index is 1380. The number of aromatic amines is 1. The van der Waals surface area contributed by atoms with Gasteiger partial charge in [0.05, 0.1) is 23.8 Å². The minimum atomic E-state index is -1.16. The molecule has 1 fully saturated rings. The molecule has 7 heteroatoms. The van der Waals surface area contributed by atoms with Crippen LogP contribution in [-0.2, 0) is 9.53 Å². The van der Waals surface area contributed by atoms with E-state index in [2.05, 4.69) is 40.7 Å². The molecule has 172 valence electrons. The molecule has 2 aromatic carbocycles. The molecular weight excluding hydrogens is 421 g/mol. The highest BCUT2D eigenvalue weighted by molar-refractivity contribution is 5.99. The molecule has 0 amide bonds. The first-order chi connectivity index (χ1) is 15.7. The summed E-state index contributed by atoms with van der Waals surface area (Å²) < 4.78 is 22.2. The summed E-state index contributed by atoms with van der Waals surface area (Å²) in [5.74, 6) is -0.914. The SMILES string of the molecule is Cc1cc(-n2c(C(C)C)c(C3CC[C@](C)(C(=O)O)OC3)c3cc4[nH]ncc4cc32)ccc1F. The van der Waals surface area contributed by atoms with E-state index in [1.807, 2.05) is 12.1 Å². The zero-order valence-electron chi connectivity index (χ0n) is 19.3. The summed E-state index contributed by atoms with van der Waals surface area (Å²) in [5, 5.41) is 18.9. The number of aryl methyl sites for hydroxylation is 1. The molecule has 0 saturated carbocycles. The number of benzene rings is 2. The lowest BCUT2D eigenvalue weighted by atomic mass is 9.83. The van der Waals surface area contributed by atoms with Gasteiger partial charge < -0.3 is 14.4 Å². The number of H-pyrrole nitrogens is 1. The smallest absolute Gasteiger partial charge is 0.335 e. The van der Waals surface area contributed by atoms with Gasteiger partial charge in [0.25, 0.3) is 0 Å². The monoisotopic (exact) mass is 449 g/mol. The highest BCUT2D eigenvalue weighted by Gasteiger charge is 2.41. The molecule has 3 heterocycles. The second kappa shape index (κ2) is 7.70. The van der Waals surface area contributed by atoms with E-state index in [9.17, 15) is 14.3 Å². The molecule has 6 nitrogen and oxygen atoms in total. The van der Waals surface area contributed by atoms with Crippen LogP contribution in [0.15, 0.2) is 36.5 Å². The van der Waals surface area contributed by atoms with E-state index in [-0.39, 0.29) is 17.7 Å². The van der Waals surface area contributed by atoms with Gasteiger partial charge in [-0.2, -0.15) is 5.10 Å². The topological polar surface area (TPSA) is 80.1 Å². The van der Waals surface area contributed by atoms with Crippen LogP contribution in [0.3, 0.4) is 0 Å². The van der Waals surface area contributed by atoms with Crippen LogP contribution in [0.2, 0.25) is 0 Å². The van der Waals surface area contributed by atoms with Crippen molar-refractivity contribution in [2.24, 2.45) is 0 Å². The summed E-state index contributed by atoms with van der Waals surface area (Å²) in [6.45, 7) is 8.07. The molecule has 1 unspecified atom stereocenters. The standard InChI is InChI=1S/C26H28FN3O3/c1-14(2)24-23(16-7-8-26(4,25(31)32)33-13-16)19-11-21-17(12-28-29-21)10-22(19)30(24)18-5-6-20(27)15(3)9-18/h5-6,9-12,14,16H,7-8,13H2,1-4H3,(H,28,29)(H,31,32)/t16?,26-/m1/s1. The molecule has 1 aliphatic heterocycles. The number of ether oxygens (including phenoxy) is 1. The fourth-order valence-corrected chi connectivity index (χ4v) is 5.10. The highest BCUT2D eigenvalue weighted by atomic mass is 19.1. The Kier molecular flexibility index (Phi) is 5.05. The average Bonchev–Trinajstić information content (AvgIpc) is 3.36. The van der Waals surface area contributed by atoms with Gasteiger partial charge in [-0.3, -0.25) is 5.10 Å². The van der Waals surface area contributed by atoms with Crippen molar-refractivity contribution in [1.29, 1.82) is 0 Å². The third kappa shape index (κ3) is 3.42. The predicted molar refractivity (Wildman–Crippen MR) is 126 cm³/mol. The van der Waals surface area contributed by atoms with Crippen LogP contribution in [0.5, 0.6) is 0 Å². The number of fused-ring (bicyclic) bond motifs is 2. The van der Waals surface area contributed by atoms with E-state index >= 15 is 0 Å². The highest BCUT2D eigenvalue weighted by Crippen LogP contribution is 2.44. The Balaban J connectivity index is 1.77. The van der Waals surface area contributed by atoms with Crippen LogP contribution in [0, 0.1) is 12.7 Å². The van der Waals surface area contributed by atoms with Crippen LogP contribution in [0.4, 0.5) is 4.39 Å². The van der Waals surface area contributed by atoms with Crippen molar-refractivity contribution in [2.45, 2.75) is 58.0 Å². The van der Waals surface area contributed by atoms with Crippen molar-refractivity contribution in [2.75, 3.05) is 6.61 Å². The minimum Gasteiger partial charge on any atom is -0.479 e. The van der Waals surface area contributed by atoms with Gasteiger partial charge in [-0.15, -0.1) is 0 Å². The molecule has 0 aliphatic carbocycles. The van der Waals surface area contributed by atoms with E-state index in [1.54, 1.807) is 20.0 Å². The molecule has 4 aromatic rings. The number of carboxylic acids is 1. The first-order valence-corrected chi connectivity index (χ1v) is 11.3. The van der Waals surface area contributed by atoms with E-state index < -0.39 is 11.6 Å². The third-order valence-corrected chi connectivity index (χ3v) is 6.98. The summed E-state index contributed by atoms with van der Waals surface area (Å²) in [7, 11) is 0. The molecule has 0 bridgehead atoms. The number of hydrogen-bond acceptors (Lipinski definition) is 3. The molecule has 1 saturated heterocycles. The van der Waals surface area contributed by atoms with Crippen molar-refractivity contribution < 1.29 is 19.0 Å². The molecule has 0 radical (unpaired) electrons. The van der Waals surface area contributed by atoms with Crippen molar-refractivity contribution in [1.82, 2.24) is 14.8 Å². The van der Waals surface area contributed by atoms with E-state index in [4.69, 9.17) is 4.74 Å². The van der Waals surface area contributed by atoms with Crippen molar-refractivity contribution >= 4 is 27.8 Å². The normalized spacial score (nSPS) is 21.3. The summed E-state index contributed by atoms with van der Waals surface area (Å²) in [4.78, 5) is 11.7. The number of halogens is 1. The average molecular weight is 450 g/mol. The number of nitrogens with zero attached hydrogens (tertiary/aromatic N) is 2. The lowest BCUT2D eigenvalue weighted by Gasteiger charge is -2.35. The summed E-state index contributed by atoms with van der Waals surface area (Å²) in [5.41, 5.74) is 4.63. The Hall–Kier alpha value is -3.19. The summed E-state index contributed by atoms with van der Waals surface area (Å²) in [6, 6.07) is 9.45. The van der Waals surface area contributed by atoms with E-state index in [0.717, 1.165) is 33.2 Å². The van der Waals surface area contributed by atoms with Gasteiger partial charge in [0.15, 0.2) is 5.60 Å². The van der Waals surface area contributed by atoms with Gasteiger partial charge in [0.1, 0.15) is 5.82 Å². The predicted octanol–water partition coefficient (Wildman–Crippen LogP) is 5.82. The summed E-state index contributed by atoms with van der Waals surface area (Å²) in [6.07, 6.45) is 2.96. The van der Waals surface area contributed by atoms with Gasteiger partial charge in [-0.25, -0.2) is 9.18 Å². The number of rotatable bonds is 4. The molecular formula is C26H28FN3O3. The van der Waals surface area contributed by atoms with Gasteiger partial charge in [-0.1, -0.05) is 13.8 Å². The first-order valence-electron chi connectivity index (χ1n) is 11.3. The molecule has 2 aromatic heterocycles. The maximum Gasteiger partial charge on any atom is 0.335 e. The molecule has 2 N–H and O–H groups in total. The van der Waals surface area contributed by atoms with Crippen LogP contribution in [0.25, 0.3) is 27.5 Å². The van der Waals surface area contributed by atoms with E-state index in [0.29, 0.717) is 25.0 Å². The van der Waals surface area contributed by atoms with Crippen LogP contribution in [0.1, 0.15) is 62.3 Å². The number of nitrogens with one attached hydrogen (secondary N) is 1. The van der Waals surface area contributed by atoms with Crippen molar-refractivity contribution in [3.8, 4) is 5.69 Å². The van der Waals surface area contributed by atoms with Gasteiger partial charge in [0, 0.05) is 28.1 Å². The third-order valence-electron chi connectivity index (χ3n) is 6.98. The Morgan fingerprint density at radius 2 is 2.12 bits per heavy atom. The Morgan fingerprint density at radius 3 is 2.76 bits per heavy atom. The zero-order chi connectivity index (χ0) is 23.5. The second-order valence-electron chi connectivity index (χ2n) is 9.63. The van der Waals surface area contributed by atoms with Crippen molar-refractivity contribution in [3.63, 3.8) is 0 Å². The van der Waals surface area contributed by atoms with Gasteiger partial charge in [0.2, 0.25) is 0 Å². The number of carbonyl (C=O) groups is 1. The van der Waals surface area contributed by atoms with Crippen molar-refractivity contribution in [3.05, 3.63) is 59.2 Å². The van der Waals surface area contributed by atoms with Crippen LogP contribution < -0.4 is 0 Å². The fourth-order valence-electron chi connectivity index (χ4n) is 5.10. The number of hydrogen-bond donors (Lipinski definition) is 2. The first kappa shape index (κ1) is 21.6. The number of aliphatic carboxylic acids is 1. The Labute approximate surface area is 191 Å². The molecule has 33 heavy (non-hydrogen) atoms. The van der Waals surface area contributed by atoms with Crippen LogP contribution >= 0.6 is 0 Å². The molecule has 0 spiro atoms. The lowest BCUT2D eigenvalue weighted by Crippen LogP contribution is -2.43. The molecule has 5 rings (SSSR count).